The highest BCUT2D eigenvalue weighted by atomic mass is 16.7. The summed E-state index contributed by atoms with van der Waals surface area (Å²) in [6, 6.07) is 0. The van der Waals surface area contributed by atoms with E-state index >= 15 is 0 Å². The molecule has 2 N–H and O–H groups in total. The van der Waals surface area contributed by atoms with Crippen molar-refractivity contribution in [2.75, 3.05) is 27.3 Å². The van der Waals surface area contributed by atoms with Crippen molar-refractivity contribution in [1.82, 2.24) is 5.32 Å². The second-order valence-electron chi connectivity index (χ2n) is 5.22. The van der Waals surface area contributed by atoms with Gasteiger partial charge < -0.3 is 19.9 Å². The third-order valence-corrected chi connectivity index (χ3v) is 3.81. The van der Waals surface area contributed by atoms with Gasteiger partial charge in [0.15, 0.2) is 6.29 Å². The number of rotatable bonds is 3. The molecule has 0 bridgehead atoms. The van der Waals surface area contributed by atoms with Crippen LogP contribution in [-0.2, 0) is 9.47 Å². The highest BCUT2D eigenvalue weighted by Crippen LogP contribution is 2.27. The van der Waals surface area contributed by atoms with Crippen LogP contribution in [0.2, 0.25) is 0 Å². The number of piperidine rings is 1. The lowest BCUT2D eigenvalue weighted by molar-refractivity contribution is -0.143. The quantitative estimate of drug-likeness (QED) is 0.760. The number of methoxy groups -OCH3 is 2. The van der Waals surface area contributed by atoms with E-state index in [0.717, 1.165) is 25.9 Å². The van der Waals surface area contributed by atoms with Crippen LogP contribution in [0.25, 0.3) is 0 Å². The van der Waals surface area contributed by atoms with Crippen LogP contribution < -0.4 is 5.32 Å². The van der Waals surface area contributed by atoms with E-state index in [1.165, 1.54) is 32.1 Å². The summed E-state index contributed by atoms with van der Waals surface area (Å²) in [7, 11) is 3.45. The molecule has 0 aromatic heterocycles. The van der Waals surface area contributed by atoms with Gasteiger partial charge in [-0.25, -0.2) is 0 Å². The molecule has 0 aromatic carbocycles. The molecule has 4 nitrogen and oxygen atoms in total. The molecule has 4 heteroatoms. The first-order valence-corrected chi connectivity index (χ1v) is 7.22. The molecule has 1 aliphatic carbocycles. The van der Waals surface area contributed by atoms with Crippen molar-refractivity contribution in [3.05, 3.63) is 0 Å². The van der Waals surface area contributed by atoms with Crippen molar-refractivity contribution in [2.24, 2.45) is 5.92 Å². The third-order valence-electron chi connectivity index (χ3n) is 3.81. The van der Waals surface area contributed by atoms with Crippen molar-refractivity contribution < 1.29 is 14.6 Å². The number of hydrogen-bond acceptors (Lipinski definition) is 4. The molecule has 0 radical (unpaired) electrons. The fraction of sp³-hybridized carbons (Fsp3) is 1.00. The molecule has 0 spiro atoms. The Hall–Kier alpha value is -0.160. The molecule has 0 unspecified atom stereocenters. The predicted molar refractivity (Wildman–Crippen MR) is 72.5 cm³/mol. The normalized spacial score (nSPS) is 22.7. The van der Waals surface area contributed by atoms with E-state index in [-0.39, 0.29) is 12.4 Å². The molecule has 18 heavy (non-hydrogen) atoms. The van der Waals surface area contributed by atoms with Gasteiger partial charge in [-0.2, -0.15) is 0 Å². The molecule has 1 saturated carbocycles. The topological polar surface area (TPSA) is 50.7 Å². The second-order valence-corrected chi connectivity index (χ2v) is 5.22. The molecule has 2 rings (SSSR count). The van der Waals surface area contributed by atoms with Crippen LogP contribution in [0.15, 0.2) is 0 Å². The molecular weight excluding hydrogens is 230 g/mol. The van der Waals surface area contributed by atoms with Gasteiger partial charge in [-0.3, -0.25) is 0 Å². The molecule has 0 atom stereocenters. The zero-order valence-electron chi connectivity index (χ0n) is 11.9. The van der Waals surface area contributed by atoms with Crippen molar-refractivity contribution >= 4 is 0 Å². The average Bonchev–Trinajstić information content (AvgIpc) is 2.43. The maximum atomic E-state index is 8.87. The minimum absolute atomic E-state index is 0.0266. The summed E-state index contributed by atoms with van der Waals surface area (Å²) in [6.45, 7) is 1.97. The largest absolute Gasteiger partial charge is 0.393 e. The third kappa shape index (κ3) is 6.14. The lowest BCUT2D eigenvalue weighted by Gasteiger charge is -2.27. The molecule has 0 amide bonds. The Morgan fingerprint density at radius 2 is 1.50 bits per heavy atom. The second kappa shape index (κ2) is 9.73. The number of aliphatic hydroxyl groups is 1. The van der Waals surface area contributed by atoms with Crippen LogP contribution in [0.1, 0.15) is 44.9 Å². The van der Waals surface area contributed by atoms with Gasteiger partial charge in [-0.05, 0) is 38.8 Å². The molecule has 108 valence electrons. The van der Waals surface area contributed by atoms with Crippen LogP contribution in [-0.4, -0.2) is 44.8 Å². The van der Waals surface area contributed by atoms with Gasteiger partial charge in [-0.15, -0.1) is 0 Å². The van der Waals surface area contributed by atoms with E-state index in [0.29, 0.717) is 5.92 Å². The van der Waals surface area contributed by atoms with Gasteiger partial charge >= 0.3 is 0 Å². The average molecular weight is 259 g/mol. The van der Waals surface area contributed by atoms with Gasteiger partial charge in [0.25, 0.3) is 0 Å². The molecule has 1 heterocycles. The maximum absolute atomic E-state index is 8.87. The summed E-state index contributed by atoms with van der Waals surface area (Å²) in [5.74, 6) is 0.638. The Morgan fingerprint density at radius 3 is 1.89 bits per heavy atom. The number of nitrogens with one attached hydrogen (secondary N) is 1. The summed E-state index contributed by atoms with van der Waals surface area (Å²) in [4.78, 5) is 0. The van der Waals surface area contributed by atoms with Gasteiger partial charge in [0, 0.05) is 20.1 Å². The standard InChI is InChI=1S/C9H18O2.C5H11NO/c1-10-9(11-2)8-6-4-3-5-7-8;7-5-1-3-6-4-2-5/h8-9H,3-7H2,1-2H3;5-7H,1-4H2. The van der Waals surface area contributed by atoms with E-state index in [1.807, 2.05) is 0 Å². The van der Waals surface area contributed by atoms with Crippen molar-refractivity contribution in [2.45, 2.75) is 57.3 Å². The number of ether oxygens (including phenoxy) is 2. The van der Waals surface area contributed by atoms with E-state index in [9.17, 15) is 0 Å². The predicted octanol–water partition coefficient (Wildman–Crippen LogP) is 1.92. The first kappa shape index (κ1) is 15.9. The van der Waals surface area contributed by atoms with E-state index < -0.39 is 0 Å². The maximum Gasteiger partial charge on any atom is 0.159 e. The minimum atomic E-state index is -0.0266. The van der Waals surface area contributed by atoms with E-state index in [4.69, 9.17) is 14.6 Å². The zero-order valence-corrected chi connectivity index (χ0v) is 11.9. The van der Waals surface area contributed by atoms with Gasteiger partial charge in [0.2, 0.25) is 0 Å². The summed E-state index contributed by atoms with van der Waals surface area (Å²) < 4.78 is 10.4. The SMILES string of the molecule is COC(OC)C1CCCCC1.OC1CCNCC1. The fourth-order valence-corrected chi connectivity index (χ4v) is 2.69. The first-order valence-electron chi connectivity index (χ1n) is 7.22. The number of hydrogen-bond donors (Lipinski definition) is 2. The molecule has 1 saturated heterocycles. The molecule has 2 fully saturated rings. The lowest BCUT2D eigenvalue weighted by atomic mass is 9.89. The molecule has 0 aromatic rings. The van der Waals surface area contributed by atoms with Crippen LogP contribution in [0.3, 0.4) is 0 Å². The summed E-state index contributed by atoms with van der Waals surface area (Å²) >= 11 is 0. The Bertz CT molecular complexity index is 185. The molecule has 2 aliphatic rings. The Morgan fingerprint density at radius 1 is 0.944 bits per heavy atom. The smallest absolute Gasteiger partial charge is 0.159 e. The van der Waals surface area contributed by atoms with Gasteiger partial charge in [-0.1, -0.05) is 19.3 Å². The monoisotopic (exact) mass is 259 g/mol. The number of aliphatic hydroxyl groups excluding tert-OH is 1. The summed E-state index contributed by atoms with van der Waals surface area (Å²) in [5.41, 5.74) is 0. The highest BCUT2D eigenvalue weighted by molar-refractivity contribution is 4.68. The van der Waals surface area contributed by atoms with Crippen LogP contribution >= 0.6 is 0 Å². The van der Waals surface area contributed by atoms with E-state index in [1.54, 1.807) is 14.2 Å². The van der Waals surface area contributed by atoms with Crippen molar-refractivity contribution in [3.8, 4) is 0 Å². The Labute approximate surface area is 111 Å². The van der Waals surface area contributed by atoms with Crippen LogP contribution in [0.5, 0.6) is 0 Å². The minimum Gasteiger partial charge on any atom is -0.393 e. The van der Waals surface area contributed by atoms with Crippen molar-refractivity contribution in [1.29, 1.82) is 0 Å². The van der Waals surface area contributed by atoms with Gasteiger partial charge in [0.05, 0.1) is 6.10 Å². The van der Waals surface area contributed by atoms with Crippen molar-refractivity contribution in [3.63, 3.8) is 0 Å². The highest BCUT2D eigenvalue weighted by Gasteiger charge is 2.22. The van der Waals surface area contributed by atoms with Crippen LogP contribution in [0.4, 0.5) is 0 Å². The molecular formula is C14H29NO3. The van der Waals surface area contributed by atoms with Crippen LogP contribution in [0, 0.1) is 5.92 Å². The first-order chi connectivity index (χ1) is 8.77. The van der Waals surface area contributed by atoms with E-state index in [2.05, 4.69) is 5.32 Å². The Kier molecular flexibility index (Phi) is 8.59. The van der Waals surface area contributed by atoms with Gasteiger partial charge in [0.1, 0.15) is 0 Å². The summed E-state index contributed by atoms with van der Waals surface area (Å²) in [6.07, 6.45) is 8.48. The lowest BCUT2D eigenvalue weighted by Crippen LogP contribution is -2.30. The zero-order chi connectivity index (χ0) is 13.2. The summed E-state index contributed by atoms with van der Waals surface area (Å²) in [5, 5.41) is 12.0. The molecule has 1 aliphatic heterocycles. The fourth-order valence-electron chi connectivity index (χ4n) is 2.69. The Balaban J connectivity index is 0.000000199.